The monoisotopic (exact) mass is 491 g/mol. The summed E-state index contributed by atoms with van der Waals surface area (Å²) in [6.45, 7) is 3.10. The Hall–Kier alpha value is -0.320. The lowest BCUT2D eigenvalue weighted by Gasteiger charge is -2.40. The Bertz CT molecular complexity index is 455. The summed E-state index contributed by atoms with van der Waals surface area (Å²) in [5.74, 6) is 0. The molecule has 6 atom stereocenters. The molecule has 1 heterocycles. The van der Waals surface area contributed by atoms with Crippen LogP contribution in [0.5, 0.6) is 0 Å². The van der Waals surface area contributed by atoms with Crippen molar-refractivity contribution in [2.75, 3.05) is 33.5 Å². The maximum Gasteiger partial charge on any atom is 0.175 e. The Kier molecular flexibility index (Phi) is 19.4. The van der Waals surface area contributed by atoms with E-state index in [1.54, 1.807) is 7.11 Å². The smallest absolute Gasteiger partial charge is 0.175 e. The van der Waals surface area contributed by atoms with Crippen molar-refractivity contribution in [2.24, 2.45) is 5.73 Å². The van der Waals surface area contributed by atoms with Crippen LogP contribution in [0.25, 0.3) is 0 Å². The van der Waals surface area contributed by atoms with Crippen molar-refractivity contribution < 1.29 is 34.3 Å². The maximum absolute atomic E-state index is 10.00. The van der Waals surface area contributed by atoms with E-state index in [2.05, 4.69) is 6.92 Å². The maximum atomic E-state index is 10.00. The highest BCUT2D eigenvalue weighted by Gasteiger charge is 2.43. The fourth-order valence-corrected chi connectivity index (χ4v) is 4.25. The Labute approximate surface area is 207 Å². The van der Waals surface area contributed by atoms with Gasteiger partial charge in [0.15, 0.2) is 6.29 Å². The van der Waals surface area contributed by atoms with Crippen LogP contribution >= 0.6 is 0 Å². The van der Waals surface area contributed by atoms with Gasteiger partial charge in [-0.05, 0) is 6.42 Å². The molecule has 1 fully saturated rings. The molecule has 1 aliphatic heterocycles. The van der Waals surface area contributed by atoms with E-state index in [0.717, 1.165) is 6.42 Å². The molecule has 0 aliphatic carbocycles. The van der Waals surface area contributed by atoms with Gasteiger partial charge in [0.1, 0.15) is 24.4 Å². The van der Waals surface area contributed by atoms with Gasteiger partial charge < -0.3 is 40.0 Å². The summed E-state index contributed by atoms with van der Waals surface area (Å²) >= 11 is 0. The molecule has 204 valence electrons. The van der Waals surface area contributed by atoms with E-state index < -0.39 is 37.3 Å². The molecule has 5 N–H and O–H groups in total. The highest BCUT2D eigenvalue weighted by atomic mass is 16.7. The van der Waals surface area contributed by atoms with Gasteiger partial charge in [-0.15, -0.1) is 0 Å². The molecule has 1 rings (SSSR count). The number of rotatable bonds is 22. The van der Waals surface area contributed by atoms with Gasteiger partial charge in [0.25, 0.3) is 0 Å². The second kappa shape index (κ2) is 20.8. The number of hydrogen-bond donors (Lipinski definition) is 4. The van der Waals surface area contributed by atoms with Crippen LogP contribution in [0.1, 0.15) is 96.8 Å². The van der Waals surface area contributed by atoms with E-state index in [9.17, 15) is 15.3 Å². The van der Waals surface area contributed by atoms with Gasteiger partial charge >= 0.3 is 0 Å². The Morgan fingerprint density at radius 1 is 0.794 bits per heavy atom. The molecule has 0 radical (unpaired) electrons. The molecule has 0 spiro atoms. The van der Waals surface area contributed by atoms with E-state index in [-0.39, 0.29) is 12.7 Å². The average Bonchev–Trinajstić information content (AvgIpc) is 2.85. The third-order valence-corrected chi connectivity index (χ3v) is 6.65. The predicted octanol–water partition coefficient (Wildman–Crippen LogP) is 3.28. The first-order valence-electron chi connectivity index (χ1n) is 13.6. The van der Waals surface area contributed by atoms with Crippen LogP contribution in [-0.4, -0.2) is 85.6 Å². The van der Waals surface area contributed by atoms with Crippen molar-refractivity contribution in [1.29, 1.82) is 0 Å². The summed E-state index contributed by atoms with van der Waals surface area (Å²) in [6.07, 6.45) is 14.0. The minimum absolute atomic E-state index is 0.175. The first-order chi connectivity index (χ1) is 16.5. The van der Waals surface area contributed by atoms with Crippen LogP contribution in [0.3, 0.4) is 0 Å². The summed E-state index contributed by atoms with van der Waals surface area (Å²) in [7, 11) is 1.58. The fraction of sp³-hybridized carbons (Fsp3) is 1.00. The quantitative estimate of drug-likeness (QED) is 0.170. The molecular formula is C26H53NO7. The van der Waals surface area contributed by atoms with Crippen LogP contribution in [0.4, 0.5) is 0 Å². The van der Waals surface area contributed by atoms with E-state index in [1.807, 2.05) is 0 Å². The zero-order chi connectivity index (χ0) is 25.0. The van der Waals surface area contributed by atoms with Gasteiger partial charge in [0.2, 0.25) is 0 Å². The molecular weight excluding hydrogens is 438 g/mol. The SMILES string of the molecule is CCCCCCCCCCCCCCCCOCC(CO[C@H]1O[C@H](CO)[C@@H](O)[C@H](O)[C@H]1N)OC. The van der Waals surface area contributed by atoms with Gasteiger partial charge in [-0.3, -0.25) is 0 Å². The summed E-state index contributed by atoms with van der Waals surface area (Å²) in [5, 5.41) is 29.1. The topological polar surface area (TPSA) is 124 Å². The highest BCUT2D eigenvalue weighted by molar-refractivity contribution is 4.91. The standard InChI is InChI=1S/C26H53NO7/c1-3-4-5-6-7-8-9-10-11-12-13-14-15-16-17-32-19-21(31-2)20-33-26-23(27)25(30)24(29)22(18-28)34-26/h21-26,28-30H,3-20,27H2,1-2H3/t21?,22-,23-,24-,25-,26+/m1/s1. The van der Waals surface area contributed by atoms with Crippen molar-refractivity contribution >= 4 is 0 Å². The number of aliphatic hydroxyl groups excluding tert-OH is 3. The first-order valence-corrected chi connectivity index (χ1v) is 13.6. The second-order valence-corrected chi connectivity index (χ2v) is 9.65. The molecule has 0 aromatic rings. The number of hydrogen-bond acceptors (Lipinski definition) is 8. The van der Waals surface area contributed by atoms with Crippen LogP contribution in [0, 0.1) is 0 Å². The Morgan fingerprint density at radius 2 is 1.32 bits per heavy atom. The summed E-state index contributed by atoms with van der Waals surface area (Å²) in [5.41, 5.74) is 5.88. The lowest BCUT2D eigenvalue weighted by Crippen LogP contribution is -2.62. The third-order valence-electron chi connectivity index (χ3n) is 6.65. The zero-order valence-corrected chi connectivity index (χ0v) is 21.7. The van der Waals surface area contributed by atoms with Crippen LogP contribution in [0.2, 0.25) is 0 Å². The average molecular weight is 492 g/mol. The molecule has 8 nitrogen and oxygen atoms in total. The summed E-state index contributed by atoms with van der Waals surface area (Å²) < 4.78 is 22.2. The van der Waals surface area contributed by atoms with Gasteiger partial charge in [0.05, 0.1) is 25.9 Å². The largest absolute Gasteiger partial charge is 0.394 e. The van der Waals surface area contributed by atoms with E-state index >= 15 is 0 Å². The molecule has 1 aliphatic rings. The first kappa shape index (κ1) is 31.7. The van der Waals surface area contributed by atoms with Crippen molar-refractivity contribution in [2.45, 2.75) is 134 Å². The number of ether oxygens (including phenoxy) is 4. The second-order valence-electron chi connectivity index (χ2n) is 9.65. The third kappa shape index (κ3) is 13.7. The molecule has 34 heavy (non-hydrogen) atoms. The lowest BCUT2D eigenvalue weighted by molar-refractivity contribution is -0.271. The molecule has 0 aromatic heterocycles. The lowest BCUT2D eigenvalue weighted by atomic mass is 9.98. The molecule has 0 amide bonds. The van der Waals surface area contributed by atoms with E-state index in [0.29, 0.717) is 13.2 Å². The normalized spacial score (nSPS) is 26.1. The van der Waals surface area contributed by atoms with Crippen molar-refractivity contribution in [3.8, 4) is 0 Å². The van der Waals surface area contributed by atoms with Crippen molar-refractivity contribution in [3.63, 3.8) is 0 Å². The van der Waals surface area contributed by atoms with Crippen LogP contribution in [-0.2, 0) is 18.9 Å². The number of unbranched alkanes of at least 4 members (excludes halogenated alkanes) is 13. The minimum Gasteiger partial charge on any atom is -0.394 e. The molecule has 1 saturated heterocycles. The van der Waals surface area contributed by atoms with Crippen molar-refractivity contribution in [3.05, 3.63) is 0 Å². The van der Waals surface area contributed by atoms with E-state index in [4.69, 9.17) is 24.7 Å². The van der Waals surface area contributed by atoms with Gasteiger partial charge in [-0.25, -0.2) is 0 Å². The highest BCUT2D eigenvalue weighted by Crippen LogP contribution is 2.21. The Balaban J connectivity index is 1.97. The zero-order valence-electron chi connectivity index (χ0n) is 21.7. The van der Waals surface area contributed by atoms with Crippen LogP contribution in [0.15, 0.2) is 0 Å². The van der Waals surface area contributed by atoms with Crippen LogP contribution < -0.4 is 5.73 Å². The van der Waals surface area contributed by atoms with E-state index in [1.165, 1.54) is 83.5 Å². The fourth-order valence-electron chi connectivity index (χ4n) is 4.25. The predicted molar refractivity (Wildman–Crippen MR) is 134 cm³/mol. The molecule has 0 bridgehead atoms. The molecule has 0 saturated carbocycles. The molecule has 0 aromatic carbocycles. The summed E-state index contributed by atoms with van der Waals surface area (Å²) in [6, 6.07) is -0.910. The van der Waals surface area contributed by atoms with Gasteiger partial charge in [-0.1, -0.05) is 90.4 Å². The van der Waals surface area contributed by atoms with Gasteiger partial charge in [0, 0.05) is 13.7 Å². The number of nitrogens with two attached hydrogens (primary N) is 1. The van der Waals surface area contributed by atoms with Crippen molar-refractivity contribution in [1.82, 2.24) is 0 Å². The minimum atomic E-state index is -1.24. The number of aliphatic hydroxyl groups is 3. The molecule has 8 heteroatoms. The van der Waals surface area contributed by atoms with Gasteiger partial charge in [-0.2, -0.15) is 0 Å². The summed E-state index contributed by atoms with van der Waals surface area (Å²) in [4.78, 5) is 0. The Morgan fingerprint density at radius 3 is 1.82 bits per heavy atom. The molecule has 1 unspecified atom stereocenters. The number of methoxy groups -OCH3 is 1.